The van der Waals surface area contributed by atoms with E-state index in [9.17, 15) is 9.18 Å². The Kier molecular flexibility index (Phi) is 7.54. The van der Waals surface area contributed by atoms with E-state index < -0.39 is 28.8 Å². The predicted octanol–water partition coefficient (Wildman–Crippen LogP) is 6.89. The molecule has 0 bridgehead atoms. The smallest absolute Gasteiger partial charge is 0.261 e. The van der Waals surface area contributed by atoms with Gasteiger partial charge in [0, 0.05) is 41.5 Å². The first-order valence-corrected chi connectivity index (χ1v) is 12.4. The Labute approximate surface area is 213 Å². The van der Waals surface area contributed by atoms with Crippen molar-refractivity contribution >= 4 is 29.1 Å². The zero-order valence-electron chi connectivity index (χ0n) is 20.4. The second-order valence-electron chi connectivity index (χ2n) is 9.23. The Morgan fingerprint density at radius 2 is 1.92 bits per heavy atom. The monoisotopic (exact) mass is 516 g/mol. The van der Waals surface area contributed by atoms with Crippen molar-refractivity contribution in [3.05, 3.63) is 81.9 Å². The number of carbonyl (C=O) groups excluding carboxylic acids is 1. The lowest BCUT2D eigenvalue weighted by Gasteiger charge is -2.42. The predicted molar refractivity (Wildman–Crippen MR) is 135 cm³/mol. The van der Waals surface area contributed by atoms with E-state index in [4.69, 9.17) is 11.6 Å². The summed E-state index contributed by atoms with van der Waals surface area (Å²) in [4.78, 5) is 22.8. The van der Waals surface area contributed by atoms with Crippen molar-refractivity contribution in [3.63, 3.8) is 0 Å². The maximum absolute atomic E-state index is 16.2. The Morgan fingerprint density at radius 3 is 2.61 bits per heavy atom. The molecule has 0 saturated carbocycles. The number of hydrogen-bond acceptors (Lipinski definition) is 4. The third-order valence-corrected chi connectivity index (χ3v) is 7.09. The molecule has 0 spiro atoms. The van der Waals surface area contributed by atoms with Gasteiger partial charge < -0.3 is 5.32 Å². The van der Waals surface area contributed by atoms with E-state index in [1.807, 2.05) is 6.92 Å². The van der Waals surface area contributed by atoms with Crippen LogP contribution in [-0.2, 0) is 5.41 Å². The van der Waals surface area contributed by atoms with Crippen molar-refractivity contribution in [2.75, 3.05) is 16.8 Å². The second-order valence-corrected chi connectivity index (χ2v) is 9.64. The molecule has 3 aromatic rings. The molecule has 2 aromatic heterocycles. The quantitative estimate of drug-likeness (QED) is 0.354. The molecule has 1 aliphatic heterocycles. The molecule has 0 saturated heterocycles. The van der Waals surface area contributed by atoms with Crippen LogP contribution < -0.4 is 10.2 Å². The molecule has 2 atom stereocenters. The van der Waals surface area contributed by atoms with Crippen LogP contribution in [0.2, 0.25) is 5.02 Å². The molecule has 3 heterocycles. The van der Waals surface area contributed by atoms with Gasteiger partial charge in [-0.15, -0.1) is 0 Å². The minimum absolute atomic E-state index is 0.00405. The van der Waals surface area contributed by atoms with Gasteiger partial charge in [0.05, 0.1) is 10.6 Å². The van der Waals surface area contributed by atoms with Gasteiger partial charge >= 0.3 is 0 Å². The van der Waals surface area contributed by atoms with Gasteiger partial charge in [-0.1, -0.05) is 50.4 Å². The van der Waals surface area contributed by atoms with Crippen LogP contribution in [0.5, 0.6) is 0 Å². The molecule has 1 amide bonds. The van der Waals surface area contributed by atoms with E-state index in [2.05, 4.69) is 22.2 Å². The van der Waals surface area contributed by atoms with Crippen molar-refractivity contribution in [2.45, 2.75) is 57.9 Å². The summed E-state index contributed by atoms with van der Waals surface area (Å²) >= 11 is 6.09. The molecule has 0 radical (unpaired) electrons. The van der Waals surface area contributed by atoms with Crippen molar-refractivity contribution in [1.82, 2.24) is 9.97 Å². The standard InChI is InChI=1S/C27H28ClF3N4O/c1-4-6-9-16(5-2)34-24-23(31)21-17(14-33-24)26(36)35(25-20(29)12-8-13-32-25)15-27(21,3)18-10-7-11-19(28)22(18)30/h7-8,10-14,16H,4-6,9,15H2,1-3H3,(H,33,34). The fourth-order valence-electron chi connectivity index (χ4n) is 4.82. The van der Waals surface area contributed by atoms with Crippen molar-refractivity contribution < 1.29 is 18.0 Å². The van der Waals surface area contributed by atoms with Crippen LogP contribution in [0.15, 0.2) is 42.7 Å². The maximum Gasteiger partial charge on any atom is 0.261 e. The number of anilines is 2. The highest BCUT2D eigenvalue weighted by molar-refractivity contribution is 6.30. The van der Waals surface area contributed by atoms with Crippen LogP contribution in [0.3, 0.4) is 0 Å². The lowest BCUT2D eigenvalue weighted by Crippen LogP contribution is -2.50. The first-order valence-electron chi connectivity index (χ1n) is 12.0. The molecule has 9 heteroatoms. The molecule has 190 valence electrons. The van der Waals surface area contributed by atoms with E-state index >= 15 is 8.78 Å². The molecule has 0 fully saturated rings. The number of unbranched alkanes of at least 4 members (excludes halogenated alkanes) is 1. The number of benzene rings is 1. The summed E-state index contributed by atoms with van der Waals surface area (Å²) in [5, 5.41) is 3.02. The summed E-state index contributed by atoms with van der Waals surface area (Å²) in [6, 6.07) is 7.01. The number of amides is 1. The number of aromatic nitrogens is 2. The zero-order valence-corrected chi connectivity index (χ0v) is 21.2. The first kappa shape index (κ1) is 25.9. The molecular weight excluding hydrogens is 489 g/mol. The highest BCUT2D eigenvalue weighted by Crippen LogP contribution is 2.44. The van der Waals surface area contributed by atoms with Crippen LogP contribution in [-0.4, -0.2) is 28.5 Å². The molecule has 4 rings (SSSR count). The highest BCUT2D eigenvalue weighted by Gasteiger charge is 2.47. The van der Waals surface area contributed by atoms with Gasteiger partial charge in [-0.25, -0.2) is 23.1 Å². The van der Waals surface area contributed by atoms with Crippen LogP contribution in [0.1, 0.15) is 67.9 Å². The zero-order chi connectivity index (χ0) is 26.0. The third-order valence-electron chi connectivity index (χ3n) is 6.80. The Bertz CT molecular complexity index is 1290. The molecule has 1 aromatic carbocycles. The van der Waals surface area contributed by atoms with E-state index in [1.54, 1.807) is 13.0 Å². The molecule has 0 aliphatic carbocycles. The topological polar surface area (TPSA) is 58.1 Å². The van der Waals surface area contributed by atoms with Crippen molar-refractivity contribution in [1.29, 1.82) is 0 Å². The Morgan fingerprint density at radius 1 is 1.14 bits per heavy atom. The third kappa shape index (κ3) is 4.54. The van der Waals surface area contributed by atoms with Crippen LogP contribution in [0.4, 0.5) is 24.8 Å². The summed E-state index contributed by atoms with van der Waals surface area (Å²) in [6.45, 7) is 5.44. The number of pyridine rings is 2. The molecular formula is C27H28ClF3N4O. The average Bonchev–Trinajstić information content (AvgIpc) is 2.87. The van der Waals surface area contributed by atoms with E-state index in [1.165, 1.54) is 36.7 Å². The normalized spacial score (nSPS) is 18.2. The Balaban J connectivity index is 1.92. The summed E-state index contributed by atoms with van der Waals surface area (Å²) in [5.41, 5.74) is -1.43. The fourth-order valence-corrected chi connectivity index (χ4v) is 5.00. The van der Waals surface area contributed by atoms with Gasteiger partial charge in [-0.2, -0.15) is 0 Å². The largest absolute Gasteiger partial charge is 0.365 e. The highest BCUT2D eigenvalue weighted by atomic mass is 35.5. The van der Waals surface area contributed by atoms with Gasteiger partial charge in [0.25, 0.3) is 5.91 Å². The second kappa shape index (κ2) is 10.5. The summed E-state index contributed by atoms with van der Waals surface area (Å²) in [7, 11) is 0. The molecule has 2 unspecified atom stereocenters. The Hall–Kier alpha value is -3.13. The molecule has 5 nitrogen and oxygen atoms in total. The van der Waals surface area contributed by atoms with Crippen LogP contribution in [0.25, 0.3) is 0 Å². The lowest BCUT2D eigenvalue weighted by molar-refractivity contribution is 0.0966. The number of fused-ring (bicyclic) bond motifs is 1. The van der Waals surface area contributed by atoms with E-state index in [0.29, 0.717) is 0 Å². The summed E-state index contributed by atoms with van der Waals surface area (Å²) in [5.74, 6) is -3.09. The van der Waals surface area contributed by atoms with Crippen molar-refractivity contribution in [3.8, 4) is 0 Å². The van der Waals surface area contributed by atoms with Crippen LogP contribution >= 0.6 is 11.6 Å². The summed E-state index contributed by atoms with van der Waals surface area (Å²) in [6.07, 6.45) is 6.17. The number of nitrogens with one attached hydrogen (secondary N) is 1. The minimum atomic E-state index is -1.42. The number of rotatable bonds is 8. The van der Waals surface area contributed by atoms with E-state index in [0.717, 1.165) is 30.6 Å². The molecule has 1 N–H and O–H groups in total. The van der Waals surface area contributed by atoms with Gasteiger partial charge in [0.2, 0.25) is 0 Å². The number of hydrogen-bond donors (Lipinski definition) is 1. The SMILES string of the molecule is CCCCC(CC)Nc1ncc2c(c1F)C(C)(c1cccc(Cl)c1F)CN(c1ncccc1F)C2=O. The number of halogens is 4. The molecule has 36 heavy (non-hydrogen) atoms. The van der Waals surface area contributed by atoms with Gasteiger partial charge in [0.15, 0.2) is 23.3 Å². The van der Waals surface area contributed by atoms with Gasteiger partial charge in [-0.3, -0.25) is 9.69 Å². The minimum Gasteiger partial charge on any atom is -0.365 e. The van der Waals surface area contributed by atoms with Crippen LogP contribution in [0, 0.1) is 17.5 Å². The van der Waals surface area contributed by atoms with E-state index in [-0.39, 0.29) is 45.9 Å². The first-order chi connectivity index (χ1) is 17.2. The number of nitrogens with zero attached hydrogens (tertiary/aromatic N) is 3. The van der Waals surface area contributed by atoms with Crippen molar-refractivity contribution in [2.24, 2.45) is 0 Å². The lowest BCUT2D eigenvalue weighted by atomic mass is 9.71. The van der Waals surface area contributed by atoms with Gasteiger partial charge in [0.1, 0.15) is 5.82 Å². The number of carbonyl (C=O) groups is 1. The fraction of sp³-hybridized carbons (Fsp3) is 0.370. The van der Waals surface area contributed by atoms with Gasteiger partial charge in [-0.05, 0) is 38.0 Å². The average molecular weight is 517 g/mol. The summed E-state index contributed by atoms with van der Waals surface area (Å²) < 4.78 is 46.3. The maximum atomic E-state index is 16.2. The molecule has 1 aliphatic rings.